The second kappa shape index (κ2) is 7.28. The first-order chi connectivity index (χ1) is 6.88. The lowest BCUT2D eigenvalue weighted by molar-refractivity contribution is 0.153. The fourth-order valence-corrected chi connectivity index (χ4v) is 2.72. The molecule has 0 heterocycles. The Bertz CT molecular complexity index is 125. The van der Waals surface area contributed by atoms with Crippen LogP contribution in [0.25, 0.3) is 0 Å². The zero-order valence-electron chi connectivity index (χ0n) is 9.67. The van der Waals surface area contributed by atoms with Crippen LogP contribution >= 0.6 is 0 Å². The van der Waals surface area contributed by atoms with E-state index in [0.717, 1.165) is 5.92 Å². The third-order valence-corrected chi connectivity index (χ3v) is 3.73. The second-order valence-electron chi connectivity index (χ2n) is 4.84. The van der Waals surface area contributed by atoms with Gasteiger partial charge in [-0.2, -0.15) is 0 Å². The predicted octanol–water partition coefficient (Wildman–Crippen LogP) is 3.76. The minimum Gasteiger partial charge on any atom is -0.396 e. The number of hydrogen-bond acceptors (Lipinski definition) is 1. The van der Waals surface area contributed by atoms with Crippen LogP contribution in [0.2, 0.25) is 0 Å². The third-order valence-electron chi connectivity index (χ3n) is 3.73. The van der Waals surface area contributed by atoms with Gasteiger partial charge in [0.1, 0.15) is 0 Å². The maximum Gasteiger partial charge on any atom is 0.0461 e. The molecular weight excluding hydrogens is 172 g/mol. The van der Waals surface area contributed by atoms with Crippen LogP contribution in [-0.4, -0.2) is 11.7 Å². The van der Waals surface area contributed by atoms with Crippen molar-refractivity contribution in [2.24, 2.45) is 11.8 Å². The van der Waals surface area contributed by atoms with E-state index in [9.17, 15) is 5.11 Å². The summed E-state index contributed by atoms with van der Waals surface area (Å²) in [5, 5.41) is 9.40. The molecule has 0 aromatic heterocycles. The summed E-state index contributed by atoms with van der Waals surface area (Å²) in [4.78, 5) is 0. The molecule has 1 fully saturated rings. The van der Waals surface area contributed by atoms with Gasteiger partial charge >= 0.3 is 0 Å². The molecule has 1 atom stereocenters. The average Bonchev–Trinajstić information content (AvgIpc) is 2.48. The molecule has 0 aromatic rings. The highest BCUT2D eigenvalue weighted by Gasteiger charge is 2.21. The average molecular weight is 198 g/mol. The van der Waals surface area contributed by atoms with Crippen molar-refractivity contribution in [3.8, 4) is 0 Å². The van der Waals surface area contributed by atoms with Crippen molar-refractivity contribution >= 4 is 0 Å². The van der Waals surface area contributed by atoms with E-state index in [1.807, 2.05) is 0 Å². The Hall–Kier alpha value is -0.0400. The molecular formula is C13H26O. The van der Waals surface area contributed by atoms with Crippen LogP contribution in [0.5, 0.6) is 0 Å². The second-order valence-corrected chi connectivity index (χ2v) is 4.84. The van der Waals surface area contributed by atoms with Gasteiger partial charge in [-0.1, -0.05) is 58.3 Å². The molecule has 1 nitrogen and oxygen atoms in total. The standard InChI is InChI=1S/C13H26O/c1-2-3-8-13(11-14)12-9-6-4-5-7-10-12/h12-14H,2-11H2,1H3. The molecule has 0 saturated heterocycles. The SMILES string of the molecule is CCCCC(CO)C1CCCCCC1. The number of aliphatic hydroxyl groups is 1. The Morgan fingerprint density at radius 2 is 1.79 bits per heavy atom. The molecule has 84 valence electrons. The lowest BCUT2D eigenvalue weighted by Crippen LogP contribution is -2.18. The largest absolute Gasteiger partial charge is 0.396 e. The lowest BCUT2D eigenvalue weighted by atomic mass is 9.83. The van der Waals surface area contributed by atoms with Gasteiger partial charge in [-0.05, 0) is 18.3 Å². The van der Waals surface area contributed by atoms with Gasteiger partial charge in [-0.25, -0.2) is 0 Å². The van der Waals surface area contributed by atoms with Gasteiger partial charge in [0.25, 0.3) is 0 Å². The summed E-state index contributed by atoms with van der Waals surface area (Å²) in [5.74, 6) is 1.43. The minimum atomic E-state index is 0.421. The molecule has 14 heavy (non-hydrogen) atoms. The number of aliphatic hydroxyl groups excluding tert-OH is 1. The highest BCUT2D eigenvalue weighted by Crippen LogP contribution is 2.31. The Balaban J connectivity index is 2.32. The zero-order chi connectivity index (χ0) is 10.2. The Labute approximate surface area is 88.9 Å². The van der Waals surface area contributed by atoms with Crippen LogP contribution in [0, 0.1) is 11.8 Å². The molecule has 1 unspecified atom stereocenters. The maximum atomic E-state index is 9.40. The predicted molar refractivity (Wildman–Crippen MR) is 61.3 cm³/mol. The highest BCUT2D eigenvalue weighted by atomic mass is 16.3. The van der Waals surface area contributed by atoms with Crippen molar-refractivity contribution in [3.63, 3.8) is 0 Å². The summed E-state index contributed by atoms with van der Waals surface area (Å²) < 4.78 is 0. The fraction of sp³-hybridized carbons (Fsp3) is 1.00. The van der Waals surface area contributed by atoms with Crippen LogP contribution in [0.1, 0.15) is 64.7 Å². The molecule has 1 rings (SSSR count). The molecule has 1 aliphatic carbocycles. The van der Waals surface area contributed by atoms with E-state index >= 15 is 0 Å². The quantitative estimate of drug-likeness (QED) is 0.667. The fourth-order valence-electron chi connectivity index (χ4n) is 2.72. The van der Waals surface area contributed by atoms with E-state index in [0.29, 0.717) is 12.5 Å². The van der Waals surface area contributed by atoms with Gasteiger partial charge in [0.2, 0.25) is 0 Å². The van der Waals surface area contributed by atoms with Crippen molar-refractivity contribution < 1.29 is 5.11 Å². The van der Waals surface area contributed by atoms with E-state index in [2.05, 4.69) is 6.92 Å². The van der Waals surface area contributed by atoms with Crippen molar-refractivity contribution in [1.82, 2.24) is 0 Å². The smallest absolute Gasteiger partial charge is 0.0461 e. The van der Waals surface area contributed by atoms with Crippen LogP contribution in [0.4, 0.5) is 0 Å². The third kappa shape index (κ3) is 4.00. The first-order valence-corrected chi connectivity index (χ1v) is 6.49. The molecule has 0 radical (unpaired) electrons. The Morgan fingerprint density at radius 3 is 2.29 bits per heavy atom. The molecule has 0 aliphatic heterocycles. The molecule has 1 saturated carbocycles. The summed E-state index contributed by atoms with van der Waals surface area (Å²) in [7, 11) is 0. The number of rotatable bonds is 5. The van der Waals surface area contributed by atoms with Gasteiger partial charge in [0.05, 0.1) is 0 Å². The van der Waals surface area contributed by atoms with Crippen molar-refractivity contribution in [3.05, 3.63) is 0 Å². The van der Waals surface area contributed by atoms with Gasteiger partial charge in [0, 0.05) is 6.61 Å². The molecule has 0 amide bonds. The van der Waals surface area contributed by atoms with Crippen molar-refractivity contribution in [2.45, 2.75) is 64.7 Å². The maximum absolute atomic E-state index is 9.40. The van der Waals surface area contributed by atoms with E-state index in [4.69, 9.17) is 0 Å². The summed E-state index contributed by atoms with van der Waals surface area (Å²) in [6.07, 6.45) is 12.2. The van der Waals surface area contributed by atoms with E-state index in [1.54, 1.807) is 0 Å². The molecule has 0 bridgehead atoms. The topological polar surface area (TPSA) is 20.2 Å². The summed E-state index contributed by atoms with van der Waals surface area (Å²) in [6, 6.07) is 0. The molecule has 0 spiro atoms. The monoisotopic (exact) mass is 198 g/mol. The van der Waals surface area contributed by atoms with Gasteiger partial charge in [-0.15, -0.1) is 0 Å². The number of unbranched alkanes of at least 4 members (excludes halogenated alkanes) is 1. The molecule has 0 aromatic carbocycles. The van der Waals surface area contributed by atoms with E-state index in [1.165, 1.54) is 57.8 Å². The Morgan fingerprint density at radius 1 is 1.14 bits per heavy atom. The first kappa shape index (κ1) is 12.0. The normalized spacial score (nSPS) is 21.9. The van der Waals surface area contributed by atoms with Gasteiger partial charge in [0.15, 0.2) is 0 Å². The van der Waals surface area contributed by atoms with Crippen molar-refractivity contribution in [2.75, 3.05) is 6.61 Å². The molecule has 1 aliphatic rings. The van der Waals surface area contributed by atoms with Gasteiger partial charge < -0.3 is 5.11 Å². The first-order valence-electron chi connectivity index (χ1n) is 6.49. The van der Waals surface area contributed by atoms with Crippen LogP contribution in [0.3, 0.4) is 0 Å². The number of hydrogen-bond donors (Lipinski definition) is 1. The Kier molecular flexibility index (Phi) is 6.25. The van der Waals surface area contributed by atoms with E-state index < -0.39 is 0 Å². The van der Waals surface area contributed by atoms with E-state index in [-0.39, 0.29) is 0 Å². The van der Waals surface area contributed by atoms with Crippen LogP contribution in [0.15, 0.2) is 0 Å². The summed E-state index contributed by atoms with van der Waals surface area (Å²) in [6.45, 7) is 2.66. The summed E-state index contributed by atoms with van der Waals surface area (Å²) >= 11 is 0. The lowest BCUT2D eigenvalue weighted by Gasteiger charge is -2.24. The zero-order valence-corrected chi connectivity index (χ0v) is 9.67. The minimum absolute atomic E-state index is 0.421. The summed E-state index contributed by atoms with van der Waals surface area (Å²) in [5.41, 5.74) is 0. The van der Waals surface area contributed by atoms with Crippen molar-refractivity contribution in [1.29, 1.82) is 0 Å². The molecule has 1 heteroatoms. The molecule has 1 N–H and O–H groups in total. The highest BCUT2D eigenvalue weighted by molar-refractivity contribution is 4.72. The van der Waals surface area contributed by atoms with Crippen LogP contribution in [-0.2, 0) is 0 Å². The van der Waals surface area contributed by atoms with Crippen LogP contribution < -0.4 is 0 Å². The van der Waals surface area contributed by atoms with Gasteiger partial charge in [-0.3, -0.25) is 0 Å².